The number of benzene rings is 7. The van der Waals surface area contributed by atoms with Crippen LogP contribution >= 0.6 is 0 Å². The Balaban J connectivity index is 1.23. The standard InChI is InChI=1S/C46H28N4O/c1-3-13-29(14-4-1)46-47-37(30-23-24-34-33-18-9-12-22-41(33)51-42(34)27-30)28-43(48-46)50-39-21-11-8-19-36(39)44-40(50)26-25-35-32-17-7-10-20-38(32)49(45(35)44)31-15-5-2-6-16-31/h1-28H. The first-order valence-corrected chi connectivity index (χ1v) is 17.2. The number of furan rings is 1. The third-order valence-corrected chi connectivity index (χ3v) is 10.1. The van der Waals surface area contributed by atoms with Crippen molar-refractivity contribution in [1.29, 1.82) is 0 Å². The van der Waals surface area contributed by atoms with E-state index in [0.717, 1.165) is 61.3 Å². The molecule has 0 amide bonds. The zero-order valence-corrected chi connectivity index (χ0v) is 27.4. The Hall–Kier alpha value is -6.98. The number of hydrogen-bond acceptors (Lipinski definition) is 3. The van der Waals surface area contributed by atoms with Crippen molar-refractivity contribution in [3.63, 3.8) is 0 Å². The van der Waals surface area contributed by atoms with Crippen LogP contribution in [0.4, 0.5) is 0 Å². The molecule has 0 atom stereocenters. The summed E-state index contributed by atoms with van der Waals surface area (Å²) in [5.74, 6) is 1.47. The quantitative estimate of drug-likeness (QED) is 0.190. The summed E-state index contributed by atoms with van der Waals surface area (Å²) in [6.07, 6.45) is 0. The lowest BCUT2D eigenvalue weighted by Gasteiger charge is -2.12. The molecule has 0 aliphatic heterocycles. The van der Waals surface area contributed by atoms with Gasteiger partial charge in [0.15, 0.2) is 5.82 Å². The molecule has 0 radical (unpaired) electrons. The molecule has 0 N–H and O–H groups in total. The second-order valence-electron chi connectivity index (χ2n) is 13.0. The zero-order chi connectivity index (χ0) is 33.5. The lowest BCUT2D eigenvalue weighted by atomic mass is 10.1. The summed E-state index contributed by atoms with van der Waals surface area (Å²) < 4.78 is 11.0. The number of fused-ring (bicyclic) bond motifs is 10. The highest BCUT2D eigenvalue weighted by Gasteiger charge is 2.22. The lowest BCUT2D eigenvalue weighted by molar-refractivity contribution is 0.669. The summed E-state index contributed by atoms with van der Waals surface area (Å²) >= 11 is 0. The van der Waals surface area contributed by atoms with Crippen LogP contribution in [0.3, 0.4) is 0 Å². The van der Waals surface area contributed by atoms with Crippen LogP contribution < -0.4 is 0 Å². The Morgan fingerprint density at radius 2 is 1.06 bits per heavy atom. The van der Waals surface area contributed by atoms with Crippen LogP contribution in [0.1, 0.15) is 0 Å². The van der Waals surface area contributed by atoms with E-state index in [0.29, 0.717) is 5.82 Å². The van der Waals surface area contributed by atoms with E-state index in [9.17, 15) is 0 Å². The molecule has 0 spiro atoms. The Kier molecular flexibility index (Phi) is 5.89. The molecule has 51 heavy (non-hydrogen) atoms. The van der Waals surface area contributed by atoms with Crippen LogP contribution in [0.5, 0.6) is 0 Å². The van der Waals surface area contributed by atoms with Gasteiger partial charge < -0.3 is 8.98 Å². The highest BCUT2D eigenvalue weighted by molar-refractivity contribution is 6.26. The number of aromatic nitrogens is 4. The predicted octanol–water partition coefficient (Wildman–Crippen LogP) is 11.9. The van der Waals surface area contributed by atoms with E-state index >= 15 is 0 Å². The van der Waals surface area contributed by atoms with Gasteiger partial charge in [0.2, 0.25) is 0 Å². The van der Waals surface area contributed by atoms with Crippen LogP contribution in [-0.4, -0.2) is 19.1 Å². The molecule has 4 aromatic heterocycles. The normalized spacial score (nSPS) is 11.9. The maximum atomic E-state index is 6.31. The minimum absolute atomic E-state index is 0.665. The van der Waals surface area contributed by atoms with Gasteiger partial charge >= 0.3 is 0 Å². The third-order valence-electron chi connectivity index (χ3n) is 10.1. The van der Waals surface area contributed by atoms with E-state index in [4.69, 9.17) is 14.4 Å². The molecule has 0 aliphatic rings. The van der Waals surface area contributed by atoms with E-state index in [2.05, 4.69) is 143 Å². The second-order valence-corrected chi connectivity index (χ2v) is 13.0. The Bertz CT molecular complexity index is 3130. The predicted molar refractivity (Wildman–Crippen MR) is 209 cm³/mol. The topological polar surface area (TPSA) is 48.8 Å². The van der Waals surface area contributed by atoms with Crippen molar-refractivity contribution in [3.8, 4) is 34.2 Å². The fraction of sp³-hybridized carbons (Fsp3) is 0. The molecule has 7 aromatic carbocycles. The third kappa shape index (κ3) is 4.15. The van der Waals surface area contributed by atoms with Gasteiger partial charge in [0.05, 0.1) is 27.8 Å². The smallest absolute Gasteiger partial charge is 0.162 e. The average molecular weight is 653 g/mol. The Morgan fingerprint density at radius 1 is 0.412 bits per heavy atom. The maximum absolute atomic E-state index is 6.31. The first-order valence-electron chi connectivity index (χ1n) is 17.2. The van der Waals surface area contributed by atoms with Gasteiger partial charge in [-0.15, -0.1) is 0 Å². The van der Waals surface area contributed by atoms with Crippen LogP contribution in [0.15, 0.2) is 174 Å². The molecule has 5 heteroatoms. The number of rotatable bonds is 4. The summed E-state index contributed by atoms with van der Waals surface area (Å²) in [7, 11) is 0. The summed E-state index contributed by atoms with van der Waals surface area (Å²) in [5, 5.41) is 7.00. The SMILES string of the molecule is c1ccc(-c2nc(-c3ccc4c(c3)oc3ccccc34)cc(-n3c4ccccc4c4c3ccc3c5ccccc5n(-c5ccccc5)c34)n2)cc1. The molecule has 11 aromatic rings. The molecule has 0 saturated carbocycles. The molecule has 0 bridgehead atoms. The van der Waals surface area contributed by atoms with Crippen molar-refractivity contribution < 1.29 is 4.42 Å². The van der Waals surface area contributed by atoms with Crippen molar-refractivity contribution in [2.75, 3.05) is 0 Å². The van der Waals surface area contributed by atoms with Gasteiger partial charge in [0, 0.05) is 55.2 Å². The highest BCUT2D eigenvalue weighted by Crippen LogP contribution is 2.42. The van der Waals surface area contributed by atoms with E-state index in [1.807, 2.05) is 36.4 Å². The molecule has 0 saturated heterocycles. The monoisotopic (exact) mass is 652 g/mol. The van der Waals surface area contributed by atoms with Crippen molar-refractivity contribution >= 4 is 65.6 Å². The van der Waals surface area contributed by atoms with Crippen LogP contribution in [0.2, 0.25) is 0 Å². The zero-order valence-electron chi connectivity index (χ0n) is 27.4. The van der Waals surface area contributed by atoms with Crippen molar-refractivity contribution in [1.82, 2.24) is 19.1 Å². The summed E-state index contributed by atoms with van der Waals surface area (Å²) in [4.78, 5) is 10.5. The Morgan fingerprint density at radius 3 is 1.88 bits per heavy atom. The average Bonchev–Trinajstić information content (AvgIpc) is 3.86. The van der Waals surface area contributed by atoms with E-state index < -0.39 is 0 Å². The molecular formula is C46H28N4O. The lowest BCUT2D eigenvalue weighted by Crippen LogP contribution is -2.02. The molecule has 0 unspecified atom stereocenters. The molecular weight excluding hydrogens is 625 g/mol. The molecule has 5 nitrogen and oxygen atoms in total. The molecule has 0 aliphatic carbocycles. The summed E-state index contributed by atoms with van der Waals surface area (Å²) in [6.45, 7) is 0. The fourth-order valence-corrected chi connectivity index (χ4v) is 7.90. The number of hydrogen-bond donors (Lipinski definition) is 0. The number of nitrogens with zero attached hydrogens (tertiary/aromatic N) is 4. The van der Waals surface area contributed by atoms with Crippen molar-refractivity contribution in [2.45, 2.75) is 0 Å². The number of para-hydroxylation sites is 4. The Labute approximate surface area is 292 Å². The van der Waals surface area contributed by atoms with Crippen LogP contribution in [-0.2, 0) is 0 Å². The molecule has 4 heterocycles. The minimum atomic E-state index is 0.665. The first kappa shape index (κ1) is 27.9. The summed E-state index contributed by atoms with van der Waals surface area (Å²) in [5.41, 5.74) is 10.1. The van der Waals surface area contributed by atoms with Gasteiger partial charge in [-0.3, -0.25) is 4.57 Å². The molecule has 11 rings (SSSR count). The van der Waals surface area contributed by atoms with Gasteiger partial charge in [-0.25, -0.2) is 9.97 Å². The van der Waals surface area contributed by atoms with Crippen molar-refractivity contribution in [3.05, 3.63) is 170 Å². The second kappa shape index (κ2) is 10.8. The van der Waals surface area contributed by atoms with E-state index in [-0.39, 0.29) is 0 Å². The van der Waals surface area contributed by atoms with E-state index in [1.54, 1.807) is 0 Å². The fourth-order valence-electron chi connectivity index (χ4n) is 7.90. The highest BCUT2D eigenvalue weighted by atomic mass is 16.3. The van der Waals surface area contributed by atoms with E-state index in [1.165, 1.54) is 32.6 Å². The summed E-state index contributed by atoms with van der Waals surface area (Å²) in [6, 6.07) is 59.4. The molecule has 238 valence electrons. The maximum Gasteiger partial charge on any atom is 0.162 e. The largest absolute Gasteiger partial charge is 0.456 e. The molecule has 0 fully saturated rings. The van der Waals surface area contributed by atoms with Gasteiger partial charge in [-0.1, -0.05) is 115 Å². The minimum Gasteiger partial charge on any atom is -0.456 e. The van der Waals surface area contributed by atoms with Gasteiger partial charge in [-0.2, -0.15) is 0 Å². The van der Waals surface area contributed by atoms with Crippen LogP contribution in [0, 0.1) is 0 Å². The van der Waals surface area contributed by atoms with Crippen LogP contribution in [0.25, 0.3) is 99.7 Å². The van der Waals surface area contributed by atoms with Gasteiger partial charge in [0.1, 0.15) is 17.0 Å². The van der Waals surface area contributed by atoms with Gasteiger partial charge in [-0.05, 0) is 48.5 Å². The van der Waals surface area contributed by atoms with Gasteiger partial charge in [0.25, 0.3) is 0 Å². The van der Waals surface area contributed by atoms with Crippen molar-refractivity contribution in [2.24, 2.45) is 0 Å². The first-order chi connectivity index (χ1) is 25.3.